The van der Waals surface area contributed by atoms with Gasteiger partial charge in [0.25, 0.3) is 0 Å². The number of alkyl halides is 3. The summed E-state index contributed by atoms with van der Waals surface area (Å²) in [4.78, 5) is 0. The van der Waals surface area contributed by atoms with E-state index in [4.69, 9.17) is 4.74 Å². The molecule has 0 saturated heterocycles. The Morgan fingerprint density at radius 1 is 1.32 bits per heavy atom. The van der Waals surface area contributed by atoms with Crippen LogP contribution in [0.5, 0.6) is 5.75 Å². The largest absolute Gasteiger partial charge is 0.491 e. The Bertz CT molecular complexity index is 453. The molecule has 106 valence electrons. The molecule has 1 aromatic rings. The fourth-order valence-corrected chi connectivity index (χ4v) is 2.14. The molecule has 0 heterocycles. The van der Waals surface area contributed by atoms with Crippen molar-refractivity contribution in [1.82, 2.24) is 0 Å². The van der Waals surface area contributed by atoms with Crippen molar-refractivity contribution < 1.29 is 17.9 Å². The van der Waals surface area contributed by atoms with Crippen molar-refractivity contribution in [2.45, 2.75) is 32.4 Å². The van der Waals surface area contributed by atoms with Gasteiger partial charge in [-0.3, -0.25) is 0 Å². The molecule has 1 saturated carbocycles. The van der Waals surface area contributed by atoms with Gasteiger partial charge in [0, 0.05) is 7.05 Å². The first-order valence-electron chi connectivity index (χ1n) is 6.50. The average Bonchev–Trinajstić information content (AvgIpc) is 3.13. The lowest BCUT2D eigenvalue weighted by atomic mass is 10.0. The second-order valence-electron chi connectivity index (χ2n) is 4.84. The van der Waals surface area contributed by atoms with Gasteiger partial charge in [0.1, 0.15) is 5.75 Å². The summed E-state index contributed by atoms with van der Waals surface area (Å²) in [7, 11) is 1.61. The molecule has 2 rings (SSSR count). The van der Waals surface area contributed by atoms with Gasteiger partial charge in [0.05, 0.1) is 17.9 Å². The number of anilines is 1. The molecule has 19 heavy (non-hydrogen) atoms. The minimum absolute atomic E-state index is 0.410. The maximum Gasteiger partial charge on any atom is 0.416 e. The molecule has 0 unspecified atom stereocenters. The van der Waals surface area contributed by atoms with E-state index in [9.17, 15) is 13.2 Å². The van der Waals surface area contributed by atoms with E-state index in [0.717, 1.165) is 18.9 Å². The van der Waals surface area contributed by atoms with E-state index in [1.54, 1.807) is 7.05 Å². The molecule has 0 amide bonds. The molecule has 1 fully saturated rings. The third-order valence-electron chi connectivity index (χ3n) is 3.26. The van der Waals surface area contributed by atoms with Gasteiger partial charge in [-0.05, 0) is 49.8 Å². The molecule has 5 heteroatoms. The van der Waals surface area contributed by atoms with Gasteiger partial charge < -0.3 is 10.1 Å². The fourth-order valence-electron chi connectivity index (χ4n) is 2.14. The summed E-state index contributed by atoms with van der Waals surface area (Å²) in [5, 5.41) is 2.80. The summed E-state index contributed by atoms with van der Waals surface area (Å²) in [6.07, 6.45) is -1.48. The van der Waals surface area contributed by atoms with Gasteiger partial charge in [0.15, 0.2) is 0 Å². The molecule has 1 aliphatic carbocycles. The molecule has 0 aromatic heterocycles. The van der Waals surface area contributed by atoms with E-state index in [1.807, 2.05) is 6.92 Å². The Labute approximate surface area is 111 Å². The molecule has 0 aliphatic heterocycles. The number of hydrogen-bond acceptors (Lipinski definition) is 2. The lowest BCUT2D eigenvalue weighted by Gasteiger charge is -2.18. The maximum absolute atomic E-state index is 12.9. The topological polar surface area (TPSA) is 21.3 Å². The zero-order valence-corrected chi connectivity index (χ0v) is 11.1. The number of halogens is 3. The zero-order chi connectivity index (χ0) is 14.0. The maximum atomic E-state index is 12.9. The van der Waals surface area contributed by atoms with Gasteiger partial charge in [-0.15, -0.1) is 0 Å². The molecular weight excluding hydrogens is 255 g/mol. The van der Waals surface area contributed by atoms with Crippen molar-refractivity contribution >= 4 is 5.69 Å². The second kappa shape index (κ2) is 5.31. The van der Waals surface area contributed by atoms with Crippen LogP contribution in [-0.4, -0.2) is 13.7 Å². The molecule has 1 aromatic carbocycles. The SMILES string of the molecule is CCOc1c(CC2CC2)cc(C(F)(F)F)cc1NC. The molecule has 1 N–H and O–H groups in total. The lowest BCUT2D eigenvalue weighted by Crippen LogP contribution is -2.09. The Balaban J connectivity index is 2.44. The quantitative estimate of drug-likeness (QED) is 0.872. The summed E-state index contributed by atoms with van der Waals surface area (Å²) < 4.78 is 44.2. The van der Waals surface area contributed by atoms with Crippen LogP contribution in [0, 0.1) is 5.92 Å². The standard InChI is InChI=1S/C14H18F3NO/c1-3-19-13-10(6-9-4-5-9)7-11(14(15,16)17)8-12(13)18-2/h7-9,18H,3-6H2,1-2H3. The highest BCUT2D eigenvalue weighted by molar-refractivity contribution is 5.62. The van der Waals surface area contributed by atoms with Crippen molar-refractivity contribution in [3.05, 3.63) is 23.3 Å². The molecule has 0 bridgehead atoms. The van der Waals surface area contributed by atoms with Crippen molar-refractivity contribution in [2.75, 3.05) is 19.0 Å². The zero-order valence-electron chi connectivity index (χ0n) is 11.1. The van der Waals surface area contributed by atoms with Crippen molar-refractivity contribution in [1.29, 1.82) is 0 Å². The van der Waals surface area contributed by atoms with Crippen LogP contribution in [0.25, 0.3) is 0 Å². The van der Waals surface area contributed by atoms with E-state index in [1.165, 1.54) is 6.07 Å². The van der Waals surface area contributed by atoms with Gasteiger partial charge in [-0.25, -0.2) is 0 Å². The first kappa shape index (κ1) is 14.0. The fraction of sp³-hybridized carbons (Fsp3) is 0.571. The third-order valence-corrected chi connectivity index (χ3v) is 3.26. The summed E-state index contributed by atoms with van der Waals surface area (Å²) in [6.45, 7) is 2.27. The third kappa shape index (κ3) is 3.33. The van der Waals surface area contributed by atoms with Crippen molar-refractivity contribution in [2.24, 2.45) is 5.92 Å². The van der Waals surface area contributed by atoms with Crippen LogP contribution < -0.4 is 10.1 Å². The number of rotatable bonds is 5. The van der Waals surface area contributed by atoms with Crippen molar-refractivity contribution in [3.63, 3.8) is 0 Å². The number of hydrogen-bond donors (Lipinski definition) is 1. The predicted octanol–water partition coefficient (Wildman–Crippen LogP) is 4.10. The minimum Gasteiger partial charge on any atom is -0.491 e. The van der Waals surface area contributed by atoms with Crippen LogP contribution in [0.1, 0.15) is 30.9 Å². The Hall–Kier alpha value is -1.39. The molecular formula is C14H18F3NO. The van der Waals surface area contributed by atoms with Gasteiger partial charge in [-0.2, -0.15) is 13.2 Å². The average molecular weight is 273 g/mol. The minimum atomic E-state index is -4.32. The van der Waals surface area contributed by atoms with Gasteiger partial charge in [-0.1, -0.05) is 0 Å². The summed E-state index contributed by atoms with van der Waals surface area (Å²) >= 11 is 0. The highest BCUT2D eigenvalue weighted by Crippen LogP contribution is 2.41. The molecule has 0 atom stereocenters. The summed E-state index contributed by atoms with van der Waals surface area (Å²) in [6, 6.07) is 2.34. The van der Waals surface area contributed by atoms with Crippen LogP contribution in [0.15, 0.2) is 12.1 Å². The Morgan fingerprint density at radius 2 is 2.00 bits per heavy atom. The van der Waals surface area contributed by atoms with E-state index in [0.29, 0.717) is 35.9 Å². The number of benzene rings is 1. The number of ether oxygens (including phenoxy) is 1. The summed E-state index contributed by atoms with van der Waals surface area (Å²) in [5.74, 6) is 1.07. The Kier molecular flexibility index (Phi) is 3.92. The van der Waals surface area contributed by atoms with Crippen LogP contribution in [-0.2, 0) is 12.6 Å². The second-order valence-corrected chi connectivity index (χ2v) is 4.84. The molecule has 0 radical (unpaired) electrons. The van der Waals surface area contributed by atoms with Crippen LogP contribution >= 0.6 is 0 Å². The van der Waals surface area contributed by atoms with Crippen LogP contribution in [0.2, 0.25) is 0 Å². The van der Waals surface area contributed by atoms with Crippen molar-refractivity contribution in [3.8, 4) is 5.75 Å². The monoisotopic (exact) mass is 273 g/mol. The first-order chi connectivity index (χ1) is 8.95. The normalized spacial score (nSPS) is 15.4. The highest BCUT2D eigenvalue weighted by atomic mass is 19.4. The summed E-state index contributed by atoms with van der Waals surface area (Å²) in [5.41, 5.74) is 0.451. The molecule has 1 aliphatic rings. The van der Waals surface area contributed by atoms with Crippen LogP contribution in [0.3, 0.4) is 0 Å². The molecule has 2 nitrogen and oxygen atoms in total. The van der Waals surface area contributed by atoms with Gasteiger partial charge in [0.2, 0.25) is 0 Å². The highest BCUT2D eigenvalue weighted by Gasteiger charge is 2.33. The first-order valence-corrected chi connectivity index (χ1v) is 6.50. The Morgan fingerprint density at radius 3 is 2.47 bits per heavy atom. The van der Waals surface area contributed by atoms with E-state index in [2.05, 4.69) is 5.32 Å². The predicted molar refractivity (Wildman–Crippen MR) is 68.6 cm³/mol. The molecule has 0 spiro atoms. The van der Waals surface area contributed by atoms with Gasteiger partial charge >= 0.3 is 6.18 Å². The van der Waals surface area contributed by atoms with E-state index < -0.39 is 11.7 Å². The lowest BCUT2D eigenvalue weighted by molar-refractivity contribution is -0.137. The van der Waals surface area contributed by atoms with E-state index >= 15 is 0 Å². The number of nitrogens with one attached hydrogen (secondary N) is 1. The van der Waals surface area contributed by atoms with Crippen LogP contribution in [0.4, 0.5) is 18.9 Å². The van der Waals surface area contributed by atoms with E-state index in [-0.39, 0.29) is 0 Å². The smallest absolute Gasteiger partial charge is 0.416 e.